The molecule has 0 saturated heterocycles. The predicted molar refractivity (Wildman–Crippen MR) is 109 cm³/mol. The van der Waals surface area contributed by atoms with Gasteiger partial charge in [-0.25, -0.2) is 0 Å². The Bertz CT molecular complexity index is 528. The zero-order chi connectivity index (χ0) is 19.4. The van der Waals surface area contributed by atoms with Crippen LogP contribution >= 0.6 is 0 Å². The number of benzene rings is 1. The van der Waals surface area contributed by atoms with Crippen LogP contribution in [0.4, 0.5) is 0 Å². The lowest BCUT2D eigenvalue weighted by atomic mass is 9.97. The topological polar surface area (TPSA) is 38.8 Å². The highest BCUT2D eigenvalue weighted by Gasteiger charge is 2.22. The maximum atomic E-state index is 13.0. The lowest BCUT2D eigenvalue weighted by molar-refractivity contribution is 0.0863. The fourth-order valence-corrected chi connectivity index (χ4v) is 3.28. The number of rotatable bonds is 14. The van der Waals surface area contributed by atoms with E-state index < -0.39 is 0 Å². The van der Waals surface area contributed by atoms with Crippen LogP contribution in [0.15, 0.2) is 18.2 Å². The molecule has 0 spiro atoms. The third kappa shape index (κ3) is 7.36. The molecule has 0 aliphatic heterocycles. The van der Waals surface area contributed by atoms with Gasteiger partial charge in [0.15, 0.2) is 17.3 Å². The number of ether oxygens (including phenoxy) is 2. The van der Waals surface area contributed by atoms with E-state index in [4.69, 9.17) is 9.47 Å². The fraction of sp³-hybridized carbons (Fsp3) is 0.682. The Labute approximate surface area is 159 Å². The number of ketones is 1. The predicted octanol–water partition coefficient (Wildman–Crippen LogP) is 5.35. The van der Waals surface area contributed by atoms with Gasteiger partial charge in [-0.15, -0.1) is 0 Å². The number of hydrogen-bond acceptors (Lipinski definition) is 4. The highest BCUT2D eigenvalue weighted by Crippen LogP contribution is 2.28. The minimum atomic E-state index is -0.0896. The smallest absolute Gasteiger partial charge is 0.180 e. The molecular weight excluding hydrogens is 326 g/mol. The molecule has 0 aliphatic rings. The quantitative estimate of drug-likeness (QED) is 0.330. The highest BCUT2D eigenvalue weighted by atomic mass is 16.5. The molecule has 1 rings (SSSR count). The second kappa shape index (κ2) is 12.7. The first kappa shape index (κ1) is 22.5. The van der Waals surface area contributed by atoms with Gasteiger partial charge < -0.3 is 9.47 Å². The number of Topliss-reactive ketones (excluding diaryl/α,β-unsaturated/α-hetero) is 1. The van der Waals surface area contributed by atoms with Gasteiger partial charge in [0.25, 0.3) is 0 Å². The second-order valence-corrected chi connectivity index (χ2v) is 7.18. The SMILES string of the molecule is CCCCCCCCCCC(C(=O)c1ccc(OC)c(OC)c1)N(C)C. The van der Waals surface area contributed by atoms with Gasteiger partial charge in [-0.3, -0.25) is 9.69 Å². The Morgan fingerprint density at radius 2 is 1.50 bits per heavy atom. The van der Waals surface area contributed by atoms with Crippen molar-refractivity contribution in [1.29, 1.82) is 0 Å². The van der Waals surface area contributed by atoms with Crippen molar-refractivity contribution < 1.29 is 14.3 Å². The first-order valence-electron chi connectivity index (χ1n) is 9.97. The van der Waals surface area contributed by atoms with Crippen LogP contribution in [0.2, 0.25) is 0 Å². The molecule has 1 aromatic carbocycles. The molecular formula is C22H37NO3. The van der Waals surface area contributed by atoms with Crippen LogP contribution in [0.3, 0.4) is 0 Å². The molecule has 1 atom stereocenters. The summed E-state index contributed by atoms with van der Waals surface area (Å²) in [7, 11) is 7.16. The molecule has 0 bridgehead atoms. The maximum absolute atomic E-state index is 13.0. The third-order valence-corrected chi connectivity index (χ3v) is 4.93. The third-order valence-electron chi connectivity index (χ3n) is 4.93. The van der Waals surface area contributed by atoms with Crippen LogP contribution < -0.4 is 9.47 Å². The first-order valence-corrected chi connectivity index (χ1v) is 9.97. The van der Waals surface area contributed by atoms with Crippen molar-refractivity contribution >= 4 is 5.78 Å². The number of carbonyl (C=O) groups is 1. The summed E-state index contributed by atoms with van der Waals surface area (Å²) in [6.07, 6.45) is 11.1. The summed E-state index contributed by atoms with van der Waals surface area (Å²) in [4.78, 5) is 15.0. The number of unbranched alkanes of at least 4 members (excludes halogenated alkanes) is 7. The molecule has 0 aliphatic carbocycles. The van der Waals surface area contributed by atoms with E-state index in [1.807, 2.05) is 25.1 Å². The van der Waals surface area contributed by atoms with Gasteiger partial charge >= 0.3 is 0 Å². The summed E-state index contributed by atoms with van der Waals surface area (Å²) in [6.45, 7) is 2.25. The van der Waals surface area contributed by atoms with Gasteiger partial charge in [0.05, 0.1) is 20.3 Å². The summed E-state index contributed by atoms with van der Waals surface area (Å²) in [5, 5.41) is 0. The standard InChI is InChI=1S/C22H37NO3/c1-6-7-8-9-10-11-12-13-14-19(23(2)3)22(24)18-15-16-20(25-4)21(17-18)26-5/h15-17,19H,6-14H2,1-5H3. The van der Waals surface area contributed by atoms with Gasteiger partial charge in [0.2, 0.25) is 0 Å². The van der Waals surface area contributed by atoms with Crippen LogP contribution in [0.5, 0.6) is 11.5 Å². The van der Waals surface area contributed by atoms with Gasteiger partial charge in [-0.05, 0) is 38.7 Å². The van der Waals surface area contributed by atoms with Gasteiger partial charge in [0.1, 0.15) is 0 Å². The lowest BCUT2D eigenvalue weighted by Crippen LogP contribution is -2.35. The molecule has 0 saturated carbocycles. The van der Waals surface area contributed by atoms with Crippen molar-refractivity contribution in [3.63, 3.8) is 0 Å². The van der Waals surface area contributed by atoms with E-state index >= 15 is 0 Å². The monoisotopic (exact) mass is 363 g/mol. The van der Waals surface area contributed by atoms with E-state index in [0.717, 1.165) is 12.8 Å². The Morgan fingerprint density at radius 3 is 2.04 bits per heavy atom. The van der Waals surface area contributed by atoms with Crippen LogP contribution in [0.1, 0.15) is 75.1 Å². The zero-order valence-corrected chi connectivity index (χ0v) is 17.3. The maximum Gasteiger partial charge on any atom is 0.180 e. The molecule has 0 radical (unpaired) electrons. The van der Waals surface area contributed by atoms with Crippen LogP contribution in [0.25, 0.3) is 0 Å². The van der Waals surface area contributed by atoms with Crippen molar-refractivity contribution in [2.24, 2.45) is 0 Å². The second-order valence-electron chi connectivity index (χ2n) is 7.18. The lowest BCUT2D eigenvalue weighted by Gasteiger charge is -2.23. The highest BCUT2D eigenvalue weighted by molar-refractivity contribution is 6.00. The number of likely N-dealkylation sites (N-methyl/N-ethyl adjacent to an activating group) is 1. The van der Waals surface area contributed by atoms with Crippen molar-refractivity contribution in [1.82, 2.24) is 4.90 Å². The molecule has 1 unspecified atom stereocenters. The van der Waals surface area contributed by atoms with Crippen molar-refractivity contribution in [2.45, 2.75) is 70.8 Å². The normalized spacial score (nSPS) is 12.2. The summed E-state index contributed by atoms with van der Waals surface area (Å²) >= 11 is 0. The first-order chi connectivity index (χ1) is 12.5. The average Bonchev–Trinajstić information content (AvgIpc) is 2.65. The van der Waals surface area contributed by atoms with Crippen molar-refractivity contribution in [3.8, 4) is 11.5 Å². The molecule has 0 N–H and O–H groups in total. The molecule has 26 heavy (non-hydrogen) atoms. The Kier molecular flexibility index (Phi) is 11.0. The van der Waals surface area contributed by atoms with Crippen LogP contribution in [0, 0.1) is 0 Å². The molecule has 4 heteroatoms. The summed E-state index contributed by atoms with van der Waals surface area (Å²) < 4.78 is 10.6. The van der Waals surface area contributed by atoms with Crippen molar-refractivity contribution in [2.75, 3.05) is 28.3 Å². The molecule has 4 nitrogen and oxygen atoms in total. The Morgan fingerprint density at radius 1 is 0.923 bits per heavy atom. The molecule has 148 valence electrons. The van der Waals surface area contributed by atoms with E-state index in [1.54, 1.807) is 26.4 Å². The van der Waals surface area contributed by atoms with Crippen LogP contribution in [-0.2, 0) is 0 Å². The van der Waals surface area contributed by atoms with Gasteiger partial charge in [-0.2, -0.15) is 0 Å². The van der Waals surface area contributed by atoms with Gasteiger partial charge in [0, 0.05) is 5.56 Å². The fourth-order valence-electron chi connectivity index (χ4n) is 3.28. The van der Waals surface area contributed by atoms with E-state index in [-0.39, 0.29) is 11.8 Å². The van der Waals surface area contributed by atoms with Crippen molar-refractivity contribution in [3.05, 3.63) is 23.8 Å². The molecule has 0 fully saturated rings. The van der Waals surface area contributed by atoms with Gasteiger partial charge in [-0.1, -0.05) is 58.3 Å². The van der Waals surface area contributed by atoms with E-state index in [9.17, 15) is 4.79 Å². The minimum absolute atomic E-state index is 0.0896. The van der Waals surface area contributed by atoms with E-state index in [1.165, 1.54) is 44.9 Å². The summed E-state index contributed by atoms with van der Waals surface area (Å²) in [5.74, 6) is 1.40. The summed E-state index contributed by atoms with van der Waals surface area (Å²) in [5.41, 5.74) is 0.681. The largest absolute Gasteiger partial charge is 0.493 e. The number of nitrogens with zero attached hydrogens (tertiary/aromatic N) is 1. The summed E-state index contributed by atoms with van der Waals surface area (Å²) in [6, 6.07) is 5.32. The van der Waals surface area contributed by atoms with E-state index in [0.29, 0.717) is 17.1 Å². The molecule has 0 heterocycles. The Balaban J connectivity index is 2.54. The zero-order valence-electron chi connectivity index (χ0n) is 17.3. The number of hydrogen-bond donors (Lipinski definition) is 0. The molecule has 0 amide bonds. The molecule has 1 aromatic rings. The number of carbonyl (C=O) groups excluding carboxylic acids is 1. The Hall–Kier alpha value is -1.55. The van der Waals surface area contributed by atoms with Crippen LogP contribution in [-0.4, -0.2) is 45.0 Å². The average molecular weight is 364 g/mol. The molecule has 0 aromatic heterocycles. The minimum Gasteiger partial charge on any atom is -0.493 e. The number of methoxy groups -OCH3 is 2. The van der Waals surface area contributed by atoms with E-state index in [2.05, 4.69) is 6.92 Å².